The summed E-state index contributed by atoms with van der Waals surface area (Å²) in [5, 5.41) is 4.58. The van der Waals surface area contributed by atoms with E-state index in [9.17, 15) is 0 Å². The predicted octanol–water partition coefficient (Wildman–Crippen LogP) is 4.07. The van der Waals surface area contributed by atoms with E-state index in [0.717, 1.165) is 23.1 Å². The first-order chi connectivity index (χ1) is 6.79. The topological polar surface area (TPSA) is 25.2 Å². The summed E-state index contributed by atoms with van der Waals surface area (Å²) in [4.78, 5) is 0. The van der Waals surface area contributed by atoms with Gasteiger partial charge in [0.15, 0.2) is 0 Å². The van der Waals surface area contributed by atoms with Crippen LogP contribution in [0, 0.1) is 0 Å². The Bertz CT molecular complexity index is 424. The van der Waals surface area contributed by atoms with Crippen molar-refractivity contribution in [1.82, 2.24) is 0 Å². The van der Waals surface area contributed by atoms with Crippen LogP contribution >= 0.6 is 12.4 Å². The van der Waals surface area contributed by atoms with Crippen LogP contribution in [-0.4, -0.2) is 6.04 Å². The Morgan fingerprint density at radius 3 is 2.87 bits per heavy atom. The fourth-order valence-corrected chi connectivity index (χ4v) is 1.44. The standard InChI is InChI=1S/C12H15NO.ClH/c1-3-9(2)13-11-4-5-12-10(8-11)6-7-14-12;/h4-9,13H,3H2,1-2H3;1H. The van der Waals surface area contributed by atoms with E-state index in [1.165, 1.54) is 0 Å². The van der Waals surface area contributed by atoms with Crippen molar-refractivity contribution >= 4 is 29.1 Å². The molecule has 0 aliphatic heterocycles. The summed E-state index contributed by atoms with van der Waals surface area (Å²) in [6.45, 7) is 4.35. The minimum atomic E-state index is 0. The molecule has 0 saturated carbocycles. The summed E-state index contributed by atoms with van der Waals surface area (Å²) in [5.74, 6) is 0. The number of halogens is 1. The summed E-state index contributed by atoms with van der Waals surface area (Å²) in [7, 11) is 0. The Kier molecular flexibility index (Phi) is 4.04. The van der Waals surface area contributed by atoms with Gasteiger partial charge in [0.1, 0.15) is 5.58 Å². The lowest BCUT2D eigenvalue weighted by molar-refractivity contribution is 0.616. The number of anilines is 1. The van der Waals surface area contributed by atoms with E-state index in [2.05, 4.69) is 31.3 Å². The van der Waals surface area contributed by atoms with E-state index in [1.807, 2.05) is 12.1 Å². The highest BCUT2D eigenvalue weighted by atomic mass is 35.5. The number of benzene rings is 1. The lowest BCUT2D eigenvalue weighted by atomic mass is 10.2. The summed E-state index contributed by atoms with van der Waals surface area (Å²) in [6.07, 6.45) is 2.85. The van der Waals surface area contributed by atoms with Crippen LogP contribution in [0.2, 0.25) is 0 Å². The number of fused-ring (bicyclic) bond motifs is 1. The molecule has 2 aromatic rings. The average molecular weight is 226 g/mol. The fourth-order valence-electron chi connectivity index (χ4n) is 1.44. The molecule has 0 fully saturated rings. The van der Waals surface area contributed by atoms with Crippen molar-refractivity contribution in [1.29, 1.82) is 0 Å². The van der Waals surface area contributed by atoms with Crippen LogP contribution in [0.4, 0.5) is 5.69 Å². The smallest absolute Gasteiger partial charge is 0.133 e. The molecule has 1 aromatic heterocycles. The zero-order chi connectivity index (χ0) is 9.97. The number of hydrogen-bond acceptors (Lipinski definition) is 2. The molecule has 0 amide bonds. The van der Waals surface area contributed by atoms with E-state index in [1.54, 1.807) is 6.26 Å². The molecule has 1 N–H and O–H groups in total. The highest BCUT2D eigenvalue weighted by molar-refractivity contribution is 5.85. The van der Waals surface area contributed by atoms with Crippen molar-refractivity contribution in [2.75, 3.05) is 5.32 Å². The Morgan fingerprint density at radius 1 is 1.33 bits per heavy atom. The lowest BCUT2D eigenvalue weighted by Crippen LogP contribution is -2.12. The second-order valence-electron chi connectivity index (χ2n) is 3.63. The Balaban J connectivity index is 0.00000112. The summed E-state index contributed by atoms with van der Waals surface area (Å²) >= 11 is 0. The van der Waals surface area contributed by atoms with Gasteiger partial charge in [-0.25, -0.2) is 0 Å². The molecule has 0 aliphatic rings. The maximum Gasteiger partial charge on any atom is 0.133 e. The van der Waals surface area contributed by atoms with E-state index < -0.39 is 0 Å². The number of nitrogens with one attached hydrogen (secondary N) is 1. The maximum atomic E-state index is 5.28. The minimum absolute atomic E-state index is 0. The predicted molar refractivity (Wildman–Crippen MR) is 66.8 cm³/mol. The second kappa shape index (κ2) is 5.08. The van der Waals surface area contributed by atoms with Crippen LogP contribution in [0.3, 0.4) is 0 Å². The Labute approximate surface area is 96.1 Å². The molecule has 0 bridgehead atoms. The highest BCUT2D eigenvalue weighted by Gasteiger charge is 2.01. The molecular formula is C12H16ClNO. The summed E-state index contributed by atoms with van der Waals surface area (Å²) < 4.78 is 5.28. The summed E-state index contributed by atoms with van der Waals surface area (Å²) in [6, 6.07) is 8.67. The first kappa shape index (κ1) is 11.9. The van der Waals surface area contributed by atoms with E-state index >= 15 is 0 Å². The van der Waals surface area contributed by atoms with Crippen molar-refractivity contribution in [2.45, 2.75) is 26.3 Å². The molecule has 1 unspecified atom stereocenters. The van der Waals surface area contributed by atoms with E-state index in [-0.39, 0.29) is 12.4 Å². The maximum absolute atomic E-state index is 5.28. The molecule has 1 aromatic carbocycles. The van der Waals surface area contributed by atoms with Gasteiger partial charge in [-0.1, -0.05) is 6.92 Å². The van der Waals surface area contributed by atoms with E-state index in [4.69, 9.17) is 4.42 Å². The third-order valence-corrected chi connectivity index (χ3v) is 2.48. The molecule has 1 heterocycles. The van der Waals surface area contributed by atoms with Crippen LogP contribution in [-0.2, 0) is 0 Å². The largest absolute Gasteiger partial charge is 0.464 e. The van der Waals surface area contributed by atoms with Gasteiger partial charge in [0.25, 0.3) is 0 Å². The monoisotopic (exact) mass is 225 g/mol. The molecular weight excluding hydrogens is 210 g/mol. The molecule has 0 spiro atoms. The summed E-state index contributed by atoms with van der Waals surface area (Å²) in [5.41, 5.74) is 2.10. The van der Waals surface area contributed by atoms with Crippen LogP contribution in [0.25, 0.3) is 11.0 Å². The van der Waals surface area contributed by atoms with Crippen molar-refractivity contribution in [3.63, 3.8) is 0 Å². The van der Waals surface area contributed by atoms with Crippen molar-refractivity contribution in [2.24, 2.45) is 0 Å². The third kappa shape index (κ3) is 2.66. The number of rotatable bonds is 3. The van der Waals surface area contributed by atoms with Gasteiger partial charge in [-0.2, -0.15) is 0 Å². The van der Waals surface area contributed by atoms with Crippen molar-refractivity contribution < 1.29 is 4.42 Å². The van der Waals surface area contributed by atoms with Gasteiger partial charge in [-0.05, 0) is 37.6 Å². The number of hydrogen-bond donors (Lipinski definition) is 1. The molecule has 2 nitrogen and oxygen atoms in total. The zero-order valence-electron chi connectivity index (χ0n) is 8.99. The van der Waals surface area contributed by atoms with Crippen LogP contribution in [0.5, 0.6) is 0 Å². The second-order valence-corrected chi connectivity index (χ2v) is 3.63. The molecule has 1 atom stereocenters. The molecule has 0 saturated heterocycles. The molecule has 0 aliphatic carbocycles. The van der Waals surface area contributed by atoms with Crippen LogP contribution in [0.15, 0.2) is 34.9 Å². The third-order valence-electron chi connectivity index (χ3n) is 2.48. The Morgan fingerprint density at radius 2 is 2.13 bits per heavy atom. The highest BCUT2D eigenvalue weighted by Crippen LogP contribution is 2.20. The normalized spacial score (nSPS) is 12.1. The van der Waals surface area contributed by atoms with E-state index in [0.29, 0.717) is 6.04 Å². The minimum Gasteiger partial charge on any atom is -0.464 e. The molecule has 0 radical (unpaired) electrons. The van der Waals surface area contributed by atoms with Crippen molar-refractivity contribution in [3.05, 3.63) is 30.5 Å². The van der Waals surface area contributed by atoms with Gasteiger partial charge in [-0.15, -0.1) is 12.4 Å². The quantitative estimate of drug-likeness (QED) is 0.852. The molecule has 2 rings (SSSR count). The van der Waals surface area contributed by atoms with Gasteiger partial charge >= 0.3 is 0 Å². The Hall–Kier alpha value is -1.15. The molecule has 82 valence electrons. The zero-order valence-corrected chi connectivity index (χ0v) is 9.80. The van der Waals surface area contributed by atoms with Crippen molar-refractivity contribution in [3.8, 4) is 0 Å². The van der Waals surface area contributed by atoms with Gasteiger partial charge < -0.3 is 9.73 Å². The van der Waals surface area contributed by atoms with Gasteiger partial charge in [0.2, 0.25) is 0 Å². The first-order valence-corrected chi connectivity index (χ1v) is 5.03. The number of furan rings is 1. The lowest BCUT2D eigenvalue weighted by Gasteiger charge is -2.12. The van der Waals surface area contributed by atoms with Crippen LogP contribution in [0.1, 0.15) is 20.3 Å². The van der Waals surface area contributed by atoms with Gasteiger partial charge in [0, 0.05) is 17.1 Å². The molecule has 3 heteroatoms. The van der Waals surface area contributed by atoms with Gasteiger partial charge in [0.05, 0.1) is 6.26 Å². The first-order valence-electron chi connectivity index (χ1n) is 5.03. The average Bonchev–Trinajstić information content (AvgIpc) is 2.64. The van der Waals surface area contributed by atoms with Crippen LogP contribution < -0.4 is 5.32 Å². The molecule has 15 heavy (non-hydrogen) atoms. The van der Waals surface area contributed by atoms with Gasteiger partial charge in [-0.3, -0.25) is 0 Å². The fraction of sp³-hybridized carbons (Fsp3) is 0.333. The SMILES string of the molecule is CCC(C)Nc1ccc2occc2c1.Cl.